The minimum Gasteiger partial charge on any atom is -0.494 e. The highest BCUT2D eigenvalue weighted by molar-refractivity contribution is 6.21. The van der Waals surface area contributed by atoms with Gasteiger partial charge in [-0.2, -0.15) is 0 Å². The highest BCUT2D eigenvalue weighted by Gasteiger charge is 2.37. The average Bonchev–Trinajstić information content (AvgIpc) is 3.48. The molecule has 2 heterocycles. The van der Waals surface area contributed by atoms with Crippen LogP contribution in [0.3, 0.4) is 0 Å². The lowest BCUT2D eigenvalue weighted by Crippen LogP contribution is -2.36. The molecule has 8 nitrogen and oxygen atoms in total. The van der Waals surface area contributed by atoms with E-state index in [9.17, 15) is 14.4 Å². The van der Waals surface area contributed by atoms with E-state index in [2.05, 4.69) is 5.32 Å². The third-order valence-electron chi connectivity index (χ3n) is 6.09. The van der Waals surface area contributed by atoms with E-state index in [1.165, 1.54) is 4.90 Å². The van der Waals surface area contributed by atoms with Gasteiger partial charge in [0.1, 0.15) is 17.2 Å². The van der Waals surface area contributed by atoms with Crippen LogP contribution in [0.2, 0.25) is 0 Å². The molecule has 3 aromatic rings. The summed E-state index contributed by atoms with van der Waals surface area (Å²) in [6, 6.07) is 18.7. The minimum atomic E-state index is -0.341. The predicted molar refractivity (Wildman–Crippen MR) is 133 cm³/mol. The number of nitrogens with zero attached hydrogens (tertiary/aromatic N) is 1. The fourth-order valence-corrected chi connectivity index (χ4v) is 4.36. The SMILES string of the molecule is CCOc1cccc(C(=O)Nc2cccc(Oc3ccc4c(c3)C(=O)N(CC3CCCO3)C4=O)c2)c1. The number of hydrogen-bond donors (Lipinski definition) is 1. The first-order valence-electron chi connectivity index (χ1n) is 12.0. The summed E-state index contributed by atoms with van der Waals surface area (Å²) >= 11 is 0. The monoisotopic (exact) mass is 486 g/mol. The van der Waals surface area contributed by atoms with Gasteiger partial charge in [0.25, 0.3) is 17.7 Å². The molecule has 36 heavy (non-hydrogen) atoms. The average molecular weight is 487 g/mol. The van der Waals surface area contributed by atoms with E-state index in [1.54, 1.807) is 66.7 Å². The summed E-state index contributed by atoms with van der Waals surface area (Å²) in [5, 5.41) is 2.86. The van der Waals surface area contributed by atoms with E-state index in [0.717, 1.165) is 12.8 Å². The lowest BCUT2D eigenvalue weighted by Gasteiger charge is -2.17. The van der Waals surface area contributed by atoms with E-state index >= 15 is 0 Å². The Kier molecular flexibility index (Phi) is 6.69. The number of hydrogen-bond acceptors (Lipinski definition) is 6. The second-order valence-corrected chi connectivity index (χ2v) is 8.61. The van der Waals surface area contributed by atoms with E-state index in [-0.39, 0.29) is 30.4 Å². The van der Waals surface area contributed by atoms with Crippen LogP contribution in [0.5, 0.6) is 17.2 Å². The molecule has 0 bridgehead atoms. The first kappa shape index (κ1) is 23.6. The van der Waals surface area contributed by atoms with Crippen molar-refractivity contribution in [3.8, 4) is 17.2 Å². The first-order chi connectivity index (χ1) is 17.5. The number of imide groups is 1. The topological polar surface area (TPSA) is 94.2 Å². The van der Waals surface area contributed by atoms with Crippen molar-refractivity contribution in [3.63, 3.8) is 0 Å². The van der Waals surface area contributed by atoms with Gasteiger partial charge >= 0.3 is 0 Å². The summed E-state index contributed by atoms with van der Waals surface area (Å²) in [4.78, 5) is 39.6. The van der Waals surface area contributed by atoms with Gasteiger partial charge in [-0.05, 0) is 68.3 Å². The fourth-order valence-electron chi connectivity index (χ4n) is 4.36. The van der Waals surface area contributed by atoms with Crippen LogP contribution in [-0.4, -0.2) is 48.5 Å². The quantitative estimate of drug-likeness (QED) is 0.455. The van der Waals surface area contributed by atoms with E-state index < -0.39 is 0 Å². The van der Waals surface area contributed by atoms with Crippen LogP contribution >= 0.6 is 0 Å². The molecule has 0 aliphatic carbocycles. The third-order valence-corrected chi connectivity index (χ3v) is 6.09. The van der Waals surface area contributed by atoms with Gasteiger partial charge in [0.15, 0.2) is 0 Å². The molecule has 2 aliphatic rings. The van der Waals surface area contributed by atoms with Crippen LogP contribution < -0.4 is 14.8 Å². The summed E-state index contributed by atoms with van der Waals surface area (Å²) in [6.45, 7) is 3.32. The number of amides is 3. The van der Waals surface area contributed by atoms with Gasteiger partial charge in [-0.3, -0.25) is 19.3 Å². The highest BCUT2D eigenvalue weighted by atomic mass is 16.5. The number of ether oxygens (including phenoxy) is 3. The number of fused-ring (bicyclic) bond motifs is 1. The zero-order valence-corrected chi connectivity index (χ0v) is 19.9. The molecule has 5 rings (SSSR count). The molecular formula is C28H26N2O6. The van der Waals surface area contributed by atoms with Crippen molar-refractivity contribution in [1.29, 1.82) is 0 Å². The third kappa shape index (κ3) is 4.94. The van der Waals surface area contributed by atoms with Crippen LogP contribution in [0.25, 0.3) is 0 Å². The smallest absolute Gasteiger partial charge is 0.261 e. The van der Waals surface area contributed by atoms with Gasteiger partial charge in [0.05, 0.1) is 30.4 Å². The number of carbonyl (C=O) groups excluding carboxylic acids is 3. The first-order valence-corrected chi connectivity index (χ1v) is 12.0. The summed E-state index contributed by atoms with van der Waals surface area (Å²) in [6.07, 6.45) is 1.67. The molecule has 2 aliphatic heterocycles. The van der Waals surface area contributed by atoms with Crippen LogP contribution in [0.15, 0.2) is 66.7 Å². The van der Waals surface area contributed by atoms with Crippen molar-refractivity contribution >= 4 is 23.4 Å². The highest BCUT2D eigenvalue weighted by Crippen LogP contribution is 2.31. The molecule has 0 saturated carbocycles. The Morgan fingerprint density at radius 2 is 1.75 bits per heavy atom. The molecule has 0 radical (unpaired) electrons. The second-order valence-electron chi connectivity index (χ2n) is 8.61. The van der Waals surface area contributed by atoms with Crippen molar-refractivity contribution in [3.05, 3.63) is 83.4 Å². The molecular weight excluding hydrogens is 460 g/mol. The predicted octanol–water partition coefficient (Wildman–Crippen LogP) is 4.90. The molecule has 1 atom stereocenters. The standard InChI is InChI=1S/C28H26N2O6/c1-2-34-20-8-3-6-18(14-20)26(31)29-19-7-4-9-21(15-19)36-22-11-12-24-25(16-22)28(33)30(27(24)32)17-23-10-5-13-35-23/h3-4,6-9,11-12,14-16,23H,2,5,10,13,17H2,1H3,(H,29,31). The zero-order valence-electron chi connectivity index (χ0n) is 19.9. The Balaban J connectivity index is 1.28. The molecule has 0 spiro atoms. The fraction of sp³-hybridized carbons (Fsp3) is 0.250. The number of benzene rings is 3. The minimum absolute atomic E-state index is 0.109. The van der Waals surface area contributed by atoms with Gasteiger partial charge < -0.3 is 19.5 Å². The number of anilines is 1. The number of nitrogens with one attached hydrogen (secondary N) is 1. The van der Waals surface area contributed by atoms with E-state index in [4.69, 9.17) is 14.2 Å². The Labute approximate surface area is 208 Å². The summed E-state index contributed by atoms with van der Waals surface area (Å²) in [5.74, 6) is 0.592. The van der Waals surface area contributed by atoms with Gasteiger partial charge in [-0.15, -0.1) is 0 Å². The Bertz CT molecular complexity index is 1310. The van der Waals surface area contributed by atoms with Crippen molar-refractivity contribution in [2.75, 3.05) is 25.1 Å². The maximum atomic E-state index is 12.9. The molecule has 1 saturated heterocycles. The molecule has 1 N–H and O–H groups in total. The van der Waals surface area contributed by atoms with E-state index in [0.29, 0.717) is 52.8 Å². The summed E-state index contributed by atoms with van der Waals surface area (Å²) < 4.78 is 17.0. The van der Waals surface area contributed by atoms with Gasteiger partial charge in [0, 0.05) is 23.9 Å². The van der Waals surface area contributed by atoms with Crippen LogP contribution in [0.4, 0.5) is 5.69 Å². The number of carbonyl (C=O) groups is 3. The zero-order chi connectivity index (χ0) is 25.1. The Morgan fingerprint density at radius 1 is 0.972 bits per heavy atom. The summed E-state index contributed by atoms with van der Waals surface area (Å²) in [7, 11) is 0. The van der Waals surface area contributed by atoms with Crippen molar-refractivity contribution < 1.29 is 28.6 Å². The molecule has 184 valence electrons. The van der Waals surface area contributed by atoms with Gasteiger partial charge in [-0.1, -0.05) is 12.1 Å². The van der Waals surface area contributed by atoms with Crippen molar-refractivity contribution in [2.24, 2.45) is 0 Å². The maximum Gasteiger partial charge on any atom is 0.261 e. The van der Waals surface area contributed by atoms with Crippen LogP contribution in [0, 0.1) is 0 Å². The Hall–Kier alpha value is -4.17. The molecule has 8 heteroatoms. The van der Waals surface area contributed by atoms with Crippen LogP contribution in [0.1, 0.15) is 50.8 Å². The normalized spacial score (nSPS) is 16.7. The molecule has 3 aromatic carbocycles. The van der Waals surface area contributed by atoms with Crippen molar-refractivity contribution in [1.82, 2.24) is 4.90 Å². The maximum absolute atomic E-state index is 12.9. The Morgan fingerprint density at radius 3 is 2.56 bits per heavy atom. The van der Waals surface area contributed by atoms with Gasteiger partial charge in [0.2, 0.25) is 0 Å². The summed E-state index contributed by atoms with van der Waals surface area (Å²) in [5.41, 5.74) is 1.70. The molecule has 0 aromatic heterocycles. The molecule has 1 unspecified atom stereocenters. The molecule has 3 amide bonds. The molecule has 1 fully saturated rings. The lowest BCUT2D eigenvalue weighted by atomic mass is 10.1. The second kappa shape index (κ2) is 10.2. The van der Waals surface area contributed by atoms with E-state index in [1.807, 2.05) is 6.92 Å². The largest absolute Gasteiger partial charge is 0.494 e. The van der Waals surface area contributed by atoms with Crippen LogP contribution in [-0.2, 0) is 4.74 Å². The lowest BCUT2D eigenvalue weighted by molar-refractivity contribution is 0.0475. The van der Waals surface area contributed by atoms with Gasteiger partial charge in [-0.25, -0.2) is 0 Å². The number of rotatable bonds is 8. The van der Waals surface area contributed by atoms with Crippen molar-refractivity contribution in [2.45, 2.75) is 25.9 Å².